The molecule has 1 amide bonds. The van der Waals surface area contributed by atoms with Crippen LogP contribution in [0.15, 0.2) is 65.5 Å². The molecule has 1 aromatic heterocycles. The quantitative estimate of drug-likeness (QED) is 0.593. The number of rotatable bonds is 7. The van der Waals surface area contributed by atoms with Crippen LogP contribution in [0.4, 0.5) is 13.2 Å². The van der Waals surface area contributed by atoms with Gasteiger partial charge in [0.1, 0.15) is 17.9 Å². The van der Waals surface area contributed by atoms with E-state index in [1.165, 1.54) is 7.11 Å². The number of ether oxygens (including phenoxy) is 2. The molecule has 0 fully saturated rings. The molecule has 6 nitrogen and oxygen atoms in total. The molecule has 3 aromatic rings. The molecule has 162 valence electrons. The lowest BCUT2D eigenvalue weighted by Gasteiger charge is -2.13. The number of aromatic amines is 1. The van der Waals surface area contributed by atoms with Gasteiger partial charge in [0, 0.05) is 6.54 Å². The highest BCUT2D eigenvalue weighted by Gasteiger charge is 2.32. The number of halogens is 3. The molecule has 3 rings (SSSR count). The normalized spacial score (nSPS) is 11.1. The maximum atomic E-state index is 12.6. The largest absolute Gasteiger partial charge is 0.493 e. The van der Waals surface area contributed by atoms with E-state index in [1.807, 2.05) is 30.3 Å². The first-order valence-corrected chi connectivity index (χ1v) is 9.20. The smallest absolute Gasteiger partial charge is 0.431 e. The summed E-state index contributed by atoms with van der Waals surface area (Å²) in [5.74, 6) is 0.175. The molecule has 0 bridgehead atoms. The lowest BCUT2D eigenvalue weighted by atomic mass is 10.2. The van der Waals surface area contributed by atoms with Crippen LogP contribution < -0.4 is 20.3 Å². The van der Waals surface area contributed by atoms with Crippen molar-refractivity contribution in [2.24, 2.45) is 0 Å². The number of hydrogen-bond acceptors (Lipinski definition) is 4. The number of amides is 1. The monoisotopic (exact) mass is 432 g/mol. The number of pyridine rings is 1. The molecular formula is C22H19F3N2O4. The lowest BCUT2D eigenvalue weighted by Crippen LogP contribution is -2.30. The zero-order valence-corrected chi connectivity index (χ0v) is 16.5. The number of hydrogen-bond donors (Lipinski definition) is 2. The number of aromatic nitrogens is 1. The molecule has 31 heavy (non-hydrogen) atoms. The van der Waals surface area contributed by atoms with Crippen molar-refractivity contribution in [3.05, 3.63) is 93.4 Å². The molecule has 0 aliphatic heterocycles. The SMILES string of the molecule is COc1cc(CNC(=O)c2ccc(C(F)(F)F)[nH]c2=O)ccc1OCc1ccccc1. The fourth-order valence-corrected chi connectivity index (χ4v) is 2.77. The van der Waals surface area contributed by atoms with Crippen LogP contribution in [-0.4, -0.2) is 18.0 Å². The molecule has 2 aromatic carbocycles. The minimum absolute atomic E-state index is 0.0363. The van der Waals surface area contributed by atoms with Gasteiger partial charge in [-0.25, -0.2) is 0 Å². The predicted octanol–water partition coefficient (Wildman–Crippen LogP) is 3.91. The molecule has 0 atom stereocenters. The van der Waals surface area contributed by atoms with Gasteiger partial charge in [0.2, 0.25) is 0 Å². The molecule has 2 N–H and O–H groups in total. The van der Waals surface area contributed by atoms with Gasteiger partial charge in [0.15, 0.2) is 11.5 Å². The first-order chi connectivity index (χ1) is 14.8. The number of carbonyl (C=O) groups is 1. The summed E-state index contributed by atoms with van der Waals surface area (Å²) in [6.07, 6.45) is -4.70. The Balaban J connectivity index is 1.65. The Morgan fingerprint density at radius 3 is 2.39 bits per heavy atom. The van der Waals surface area contributed by atoms with Gasteiger partial charge in [0.25, 0.3) is 11.5 Å². The third kappa shape index (κ3) is 5.65. The highest BCUT2D eigenvalue weighted by atomic mass is 19.4. The van der Waals surface area contributed by atoms with E-state index in [2.05, 4.69) is 5.32 Å². The Hall–Kier alpha value is -3.75. The van der Waals surface area contributed by atoms with E-state index in [-0.39, 0.29) is 6.54 Å². The van der Waals surface area contributed by atoms with Crippen LogP contribution in [-0.2, 0) is 19.3 Å². The van der Waals surface area contributed by atoms with Gasteiger partial charge in [0.05, 0.1) is 7.11 Å². The number of nitrogens with one attached hydrogen (secondary N) is 2. The van der Waals surface area contributed by atoms with Crippen LogP contribution in [0.1, 0.15) is 27.2 Å². The number of carbonyl (C=O) groups excluding carboxylic acids is 1. The number of benzene rings is 2. The highest BCUT2D eigenvalue weighted by Crippen LogP contribution is 2.29. The summed E-state index contributed by atoms with van der Waals surface area (Å²) in [5.41, 5.74) is -1.11. The Morgan fingerprint density at radius 2 is 1.74 bits per heavy atom. The average molecular weight is 432 g/mol. The van der Waals surface area contributed by atoms with Crippen molar-refractivity contribution in [3.8, 4) is 11.5 Å². The minimum Gasteiger partial charge on any atom is -0.493 e. The van der Waals surface area contributed by atoms with E-state index in [4.69, 9.17) is 9.47 Å². The van der Waals surface area contributed by atoms with Gasteiger partial charge in [-0.05, 0) is 35.4 Å². The van der Waals surface area contributed by atoms with Crippen molar-refractivity contribution >= 4 is 5.91 Å². The van der Waals surface area contributed by atoms with E-state index in [0.717, 1.165) is 11.6 Å². The lowest BCUT2D eigenvalue weighted by molar-refractivity contribution is -0.141. The second-order valence-electron chi connectivity index (χ2n) is 6.55. The summed E-state index contributed by atoms with van der Waals surface area (Å²) in [6, 6.07) is 16.1. The summed E-state index contributed by atoms with van der Waals surface area (Å²) >= 11 is 0. The van der Waals surface area contributed by atoms with E-state index in [0.29, 0.717) is 29.7 Å². The summed E-state index contributed by atoms with van der Waals surface area (Å²) in [6.45, 7) is 0.388. The molecule has 0 unspecified atom stereocenters. The van der Waals surface area contributed by atoms with Crippen LogP contribution in [0.3, 0.4) is 0 Å². The molecule has 9 heteroatoms. The van der Waals surface area contributed by atoms with Gasteiger partial charge in [-0.3, -0.25) is 9.59 Å². The molecule has 0 saturated heterocycles. The molecule has 0 spiro atoms. The van der Waals surface area contributed by atoms with Crippen LogP contribution >= 0.6 is 0 Å². The first-order valence-electron chi connectivity index (χ1n) is 9.20. The maximum absolute atomic E-state index is 12.6. The second-order valence-corrected chi connectivity index (χ2v) is 6.55. The second kappa shape index (κ2) is 9.38. The Morgan fingerprint density at radius 1 is 1.00 bits per heavy atom. The Labute approximate surface area is 175 Å². The fourth-order valence-electron chi connectivity index (χ4n) is 2.77. The van der Waals surface area contributed by atoms with Gasteiger partial charge in [-0.15, -0.1) is 0 Å². The van der Waals surface area contributed by atoms with Crippen molar-refractivity contribution in [1.82, 2.24) is 10.3 Å². The van der Waals surface area contributed by atoms with E-state index in [1.54, 1.807) is 23.2 Å². The first kappa shape index (κ1) is 21.9. The number of H-pyrrole nitrogens is 1. The third-order valence-electron chi connectivity index (χ3n) is 4.38. The third-order valence-corrected chi connectivity index (χ3v) is 4.38. The number of alkyl halides is 3. The summed E-state index contributed by atoms with van der Waals surface area (Å²) < 4.78 is 49.0. The van der Waals surface area contributed by atoms with Gasteiger partial charge in [-0.1, -0.05) is 36.4 Å². The van der Waals surface area contributed by atoms with E-state index in [9.17, 15) is 22.8 Å². The zero-order valence-electron chi connectivity index (χ0n) is 16.5. The molecule has 1 heterocycles. The highest BCUT2D eigenvalue weighted by molar-refractivity contribution is 5.93. The summed E-state index contributed by atoms with van der Waals surface area (Å²) in [5, 5.41) is 2.51. The molecule has 0 aliphatic rings. The van der Waals surface area contributed by atoms with Gasteiger partial charge >= 0.3 is 6.18 Å². The number of methoxy groups -OCH3 is 1. The maximum Gasteiger partial charge on any atom is 0.431 e. The topological polar surface area (TPSA) is 80.4 Å². The van der Waals surface area contributed by atoms with Crippen LogP contribution in [0.2, 0.25) is 0 Å². The molecule has 0 aliphatic carbocycles. The van der Waals surface area contributed by atoms with Crippen molar-refractivity contribution < 1.29 is 27.4 Å². The molecule has 0 saturated carbocycles. The van der Waals surface area contributed by atoms with Crippen molar-refractivity contribution in [2.45, 2.75) is 19.3 Å². The summed E-state index contributed by atoms with van der Waals surface area (Å²) in [7, 11) is 1.48. The van der Waals surface area contributed by atoms with Crippen molar-refractivity contribution in [1.29, 1.82) is 0 Å². The van der Waals surface area contributed by atoms with Crippen LogP contribution in [0.5, 0.6) is 11.5 Å². The van der Waals surface area contributed by atoms with Gasteiger partial charge in [-0.2, -0.15) is 13.2 Å². The minimum atomic E-state index is -4.70. The zero-order chi connectivity index (χ0) is 22.4. The molecule has 0 radical (unpaired) electrons. The van der Waals surface area contributed by atoms with E-state index >= 15 is 0 Å². The Bertz CT molecular complexity index is 1110. The van der Waals surface area contributed by atoms with Crippen molar-refractivity contribution in [2.75, 3.05) is 7.11 Å². The van der Waals surface area contributed by atoms with Crippen molar-refractivity contribution in [3.63, 3.8) is 0 Å². The van der Waals surface area contributed by atoms with Crippen LogP contribution in [0, 0.1) is 0 Å². The predicted molar refractivity (Wildman–Crippen MR) is 107 cm³/mol. The standard InChI is InChI=1S/C22H19F3N2O4/c1-30-18-11-15(7-9-17(18)31-13-14-5-3-2-4-6-14)12-26-20(28)16-8-10-19(22(23,24)25)27-21(16)29/h2-11H,12-13H2,1H3,(H,26,28)(H,27,29). The summed E-state index contributed by atoms with van der Waals surface area (Å²) in [4.78, 5) is 25.7. The Kier molecular flexibility index (Phi) is 6.64. The van der Waals surface area contributed by atoms with Gasteiger partial charge < -0.3 is 19.8 Å². The fraction of sp³-hybridized carbons (Fsp3) is 0.182. The molecular weight excluding hydrogens is 413 g/mol. The van der Waals surface area contributed by atoms with Crippen LogP contribution in [0.25, 0.3) is 0 Å². The van der Waals surface area contributed by atoms with E-state index < -0.39 is 28.9 Å². The average Bonchev–Trinajstić information content (AvgIpc) is 2.76.